The third kappa shape index (κ3) is 6.34. The summed E-state index contributed by atoms with van der Waals surface area (Å²) < 4.78 is 19.9. The molecule has 0 spiro atoms. The number of methoxy groups -OCH3 is 1. The van der Waals surface area contributed by atoms with Crippen molar-refractivity contribution >= 4 is 35.0 Å². The topological polar surface area (TPSA) is 87.0 Å². The fourth-order valence-corrected chi connectivity index (χ4v) is 4.63. The van der Waals surface area contributed by atoms with Crippen LogP contribution in [0.4, 0.5) is 4.39 Å². The van der Waals surface area contributed by atoms with Crippen molar-refractivity contribution < 1.29 is 19.0 Å². The number of benzene rings is 2. The number of aliphatic hydroxyl groups excluding tert-OH is 1. The number of carbonyl (C=O) groups excluding carboxylic acids is 1. The van der Waals surface area contributed by atoms with Crippen LogP contribution in [-0.2, 0) is 16.1 Å². The van der Waals surface area contributed by atoms with E-state index >= 15 is 0 Å². The van der Waals surface area contributed by atoms with E-state index in [9.17, 15) is 14.3 Å². The van der Waals surface area contributed by atoms with Crippen molar-refractivity contribution in [1.82, 2.24) is 15.2 Å². The number of esters is 1. The number of hydrogen-bond acceptors (Lipinski definition) is 7. The van der Waals surface area contributed by atoms with Gasteiger partial charge in [0.05, 0.1) is 19.3 Å². The van der Waals surface area contributed by atoms with E-state index < -0.39 is 17.8 Å². The lowest BCUT2D eigenvalue weighted by molar-refractivity contribution is -0.136. The number of aliphatic imine (C=N–C) groups is 1. The number of ether oxygens (including phenoxy) is 1. The molecule has 1 aliphatic heterocycles. The summed E-state index contributed by atoms with van der Waals surface area (Å²) in [5, 5.41) is 13.6. The number of halogens is 3. The molecule has 7 nitrogen and oxygen atoms in total. The van der Waals surface area contributed by atoms with Gasteiger partial charge in [-0.25, -0.2) is 14.2 Å². The van der Waals surface area contributed by atoms with Crippen molar-refractivity contribution in [3.05, 3.63) is 111 Å². The molecule has 192 valence electrons. The highest BCUT2D eigenvalue weighted by molar-refractivity contribution is 6.35. The molecule has 2 N–H and O–H groups in total. The summed E-state index contributed by atoms with van der Waals surface area (Å²) in [6.07, 6.45) is 1.46. The van der Waals surface area contributed by atoms with E-state index in [4.69, 9.17) is 27.9 Å². The number of rotatable bonds is 9. The maximum absolute atomic E-state index is 14.8. The standard InChI is InChI=1S/C27H25Cl2FN4O3/c1-37-27(36)23-22(16-34(12-13-35)15-17-6-3-2-4-7-17)32-26(25-21(30)8-5-11-31-25)33-24(23)19-10-9-18(28)14-20(19)29/h2-11,14,24,35H,12-13,15-16H2,1H3,(H,32,33). The van der Waals surface area contributed by atoms with Crippen LogP contribution in [0.3, 0.4) is 0 Å². The summed E-state index contributed by atoms with van der Waals surface area (Å²) in [6, 6.07) is 16.4. The first kappa shape index (κ1) is 26.8. The first-order valence-electron chi connectivity index (χ1n) is 11.5. The summed E-state index contributed by atoms with van der Waals surface area (Å²) in [4.78, 5) is 23.9. The molecule has 2 heterocycles. The molecule has 1 aromatic heterocycles. The molecular formula is C27H25Cl2FN4O3. The van der Waals surface area contributed by atoms with Gasteiger partial charge in [-0.15, -0.1) is 0 Å². The van der Waals surface area contributed by atoms with Crippen LogP contribution in [0.25, 0.3) is 0 Å². The second-order valence-corrected chi connectivity index (χ2v) is 9.15. The predicted molar refractivity (Wildman–Crippen MR) is 141 cm³/mol. The average Bonchev–Trinajstić information content (AvgIpc) is 2.89. The third-order valence-electron chi connectivity index (χ3n) is 5.82. The van der Waals surface area contributed by atoms with Crippen molar-refractivity contribution in [2.45, 2.75) is 12.6 Å². The molecule has 4 rings (SSSR count). The van der Waals surface area contributed by atoms with Gasteiger partial charge in [-0.3, -0.25) is 9.89 Å². The summed E-state index contributed by atoms with van der Waals surface area (Å²) >= 11 is 12.6. The van der Waals surface area contributed by atoms with Gasteiger partial charge in [0.2, 0.25) is 0 Å². The molecule has 1 aliphatic rings. The van der Waals surface area contributed by atoms with Gasteiger partial charge in [-0.2, -0.15) is 0 Å². The number of nitrogens with zero attached hydrogens (tertiary/aromatic N) is 3. The zero-order valence-corrected chi connectivity index (χ0v) is 21.5. The highest BCUT2D eigenvalue weighted by Crippen LogP contribution is 2.37. The molecule has 10 heteroatoms. The average molecular weight is 543 g/mol. The Hall–Kier alpha value is -3.30. The molecule has 3 aromatic rings. The Balaban J connectivity index is 1.83. The monoisotopic (exact) mass is 542 g/mol. The van der Waals surface area contributed by atoms with E-state index in [1.165, 1.54) is 25.4 Å². The van der Waals surface area contributed by atoms with Crippen LogP contribution in [0.15, 0.2) is 83.1 Å². The third-order valence-corrected chi connectivity index (χ3v) is 6.38. The maximum atomic E-state index is 14.8. The molecule has 37 heavy (non-hydrogen) atoms. The largest absolute Gasteiger partial charge is 0.466 e. The number of aliphatic hydroxyl groups is 1. The van der Waals surface area contributed by atoms with Crippen LogP contribution in [0, 0.1) is 5.82 Å². The van der Waals surface area contributed by atoms with Crippen LogP contribution in [0.2, 0.25) is 10.0 Å². The lowest BCUT2D eigenvalue weighted by Gasteiger charge is -2.31. The van der Waals surface area contributed by atoms with Crippen LogP contribution >= 0.6 is 23.2 Å². The van der Waals surface area contributed by atoms with E-state index in [0.717, 1.165) is 5.56 Å². The summed E-state index contributed by atoms with van der Waals surface area (Å²) in [6.45, 7) is 0.925. The van der Waals surface area contributed by atoms with Gasteiger partial charge in [-0.05, 0) is 29.8 Å². The SMILES string of the molecule is COC(=O)C1=C(CN(CCO)Cc2ccccc2)NC(c2ncccc2F)=NC1c1ccc(Cl)cc1Cl. The number of hydrogen-bond donors (Lipinski definition) is 2. The Kier molecular flexibility index (Phi) is 8.89. The molecule has 0 amide bonds. The minimum absolute atomic E-state index is 0.00392. The zero-order valence-electron chi connectivity index (χ0n) is 20.0. The zero-order chi connectivity index (χ0) is 26.4. The summed E-state index contributed by atoms with van der Waals surface area (Å²) in [7, 11) is 1.28. The minimum atomic E-state index is -0.919. The van der Waals surface area contributed by atoms with E-state index in [0.29, 0.717) is 34.4 Å². The van der Waals surface area contributed by atoms with E-state index in [-0.39, 0.29) is 30.3 Å². The molecular weight excluding hydrogens is 518 g/mol. The van der Waals surface area contributed by atoms with Crippen molar-refractivity contribution in [2.24, 2.45) is 4.99 Å². The van der Waals surface area contributed by atoms with Crippen LogP contribution in [0.1, 0.15) is 22.9 Å². The van der Waals surface area contributed by atoms with Gasteiger partial charge in [-0.1, -0.05) is 59.6 Å². The van der Waals surface area contributed by atoms with E-state index in [1.54, 1.807) is 18.2 Å². The second kappa shape index (κ2) is 12.3. The van der Waals surface area contributed by atoms with Gasteiger partial charge >= 0.3 is 5.97 Å². The van der Waals surface area contributed by atoms with Gasteiger partial charge in [0.15, 0.2) is 11.7 Å². The van der Waals surface area contributed by atoms with Gasteiger partial charge in [0.1, 0.15) is 11.7 Å². The predicted octanol–water partition coefficient (Wildman–Crippen LogP) is 4.54. The number of nitrogens with one attached hydrogen (secondary N) is 1. The van der Waals surface area contributed by atoms with Gasteiger partial charge in [0, 0.05) is 47.1 Å². The Morgan fingerprint density at radius 2 is 1.92 bits per heavy atom. The van der Waals surface area contributed by atoms with Crippen molar-refractivity contribution in [3.8, 4) is 0 Å². The highest BCUT2D eigenvalue weighted by atomic mass is 35.5. The highest BCUT2D eigenvalue weighted by Gasteiger charge is 2.34. The summed E-state index contributed by atoms with van der Waals surface area (Å²) in [5.41, 5.74) is 2.16. The lowest BCUT2D eigenvalue weighted by Crippen LogP contribution is -2.40. The fraction of sp³-hybridized carbons (Fsp3) is 0.222. The normalized spacial score (nSPS) is 15.4. The first-order chi connectivity index (χ1) is 17.9. The van der Waals surface area contributed by atoms with Crippen LogP contribution in [0.5, 0.6) is 0 Å². The minimum Gasteiger partial charge on any atom is -0.466 e. The Bertz CT molecular complexity index is 1330. The molecule has 0 saturated heterocycles. The van der Waals surface area contributed by atoms with Crippen molar-refractivity contribution in [1.29, 1.82) is 0 Å². The molecule has 0 aliphatic carbocycles. The molecule has 1 atom stereocenters. The number of aromatic nitrogens is 1. The number of pyridine rings is 1. The smallest absolute Gasteiger partial charge is 0.338 e. The second-order valence-electron chi connectivity index (χ2n) is 8.31. The van der Waals surface area contributed by atoms with E-state index in [1.807, 2.05) is 35.2 Å². The molecule has 0 fully saturated rings. The number of amidine groups is 1. The lowest BCUT2D eigenvalue weighted by atomic mass is 9.95. The van der Waals surface area contributed by atoms with E-state index in [2.05, 4.69) is 15.3 Å². The quantitative estimate of drug-likeness (QED) is 0.386. The van der Waals surface area contributed by atoms with Gasteiger partial charge in [0.25, 0.3) is 0 Å². The maximum Gasteiger partial charge on any atom is 0.338 e. The summed E-state index contributed by atoms with van der Waals surface area (Å²) in [5.74, 6) is -1.06. The molecule has 1 unspecified atom stereocenters. The van der Waals surface area contributed by atoms with Crippen molar-refractivity contribution in [3.63, 3.8) is 0 Å². The van der Waals surface area contributed by atoms with Crippen LogP contribution in [-0.4, -0.2) is 53.6 Å². The molecule has 0 saturated carbocycles. The first-order valence-corrected chi connectivity index (χ1v) is 12.3. The molecule has 0 bridgehead atoms. The fourth-order valence-electron chi connectivity index (χ4n) is 4.12. The number of carbonyl (C=O) groups is 1. The van der Waals surface area contributed by atoms with Crippen molar-refractivity contribution in [2.75, 3.05) is 26.8 Å². The van der Waals surface area contributed by atoms with Gasteiger partial charge < -0.3 is 15.2 Å². The van der Waals surface area contributed by atoms with Crippen LogP contribution < -0.4 is 5.32 Å². The molecule has 2 aromatic carbocycles. The molecule has 0 radical (unpaired) electrons. The Morgan fingerprint density at radius 3 is 2.59 bits per heavy atom. The Morgan fingerprint density at radius 1 is 1.14 bits per heavy atom. The Labute approximate surface area is 224 Å².